The molecular formula is C93H152O26. The first-order chi connectivity index (χ1) is 55.1. The van der Waals surface area contributed by atoms with E-state index in [2.05, 4.69) is 0 Å². The lowest BCUT2D eigenvalue weighted by Crippen LogP contribution is -2.69. The average Bonchev–Trinajstić information content (AvgIpc) is 0.701. The molecule has 0 N–H and O–H groups in total. The van der Waals surface area contributed by atoms with E-state index in [0.29, 0.717) is 99.7 Å². The number of methoxy groups -OCH3 is 3. The maximum Gasteiger partial charge on any atom is 0.337 e. The fourth-order valence-electron chi connectivity index (χ4n) is 23.0. The Balaban J connectivity index is 0.000000182. The smallest absolute Gasteiger partial charge is 0.337 e. The van der Waals surface area contributed by atoms with Crippen molar-refractivity contribution >= 4 is 53.7 Å². The van der Waals surface area contributed by atoms with E-state index in [4.69, 9.17) is 80.5 Å². The highest BCUT2D eigenvalue weighted by Crippen LogP contribution is 2.66. The van der Waals surface area contributed by atoms with E-state index in [0.717, 1.165) is 103 Å². The second kappa shape index (κ2) is 37.2. The third-order valence-corrected chi connectivity index (χ3v) is 28.9. The highest BCUT2D eigenvalue weighted by molar-refractivity contribution is 5.79. The van der Waals surface area contributed by atoms with Gasteiger partial charge in [0.05, 0.1) is 49.7 Å². The molecule has 119 heavy (non-hydrogen) atoms. The molecule has 0 heterocycles. The van der Waals surface area contributed by atoms with Crippen molar-refractivity contribution < 1.29 is 124 Å². The van der Waals surface area contributed by atoms with Gasteiger partial charge in [-0.05, 0) is 307 Å². The predicted octanol–water partition coefficient (Wildman–Crippen LogP) is 16.5. The van der Waals surface area contributed by atoms with Crippen molar-refractivity contribution in [2.45, 2.75) is 425 Å². The Hall–Kier alpha value is -5.09. The Bertz CT molecular complexity index is 3480. The van der Waals surface area contributed by atoms with Crippen LogP contribution in [0, 0.1) is 63.1 Å². The molecule has 16 bridgehead atoms. The number of carbonyl (C=O) groups excluding carboxylic acids is 9. The van der Waals surface area contributed by atoms with Gasteiger partial charge in [0.25, 0.3) is 0 Å². The predicted molar refractivity (Wildman–Crippen MR) is 439 cm³/mol. The van der Waals surface area contributed by atoms with Gasteiger partial charge in [-0.3, -0.25) is 19.2 Å². The largest absolute Gasteiger partial charge is 0.459 e. The van der Waals surface area contributed by atoms with Crippen LogP contribution in [0.4, 0.5) is 0 Å². The molecule has 0 saturated heterocycles. The molecule has 16 aliphatic rings. The SMILES string of the molecule is CCC(C)(C)C(=O)OC12CC3CC(C1)CC(OC(C)C(=O)OC(C)(C)C)(C3)C2.CCC(C)(C)C(=O)OC12CC3CC(C1)CC(OC(C)C(=O)OCOC)(C3)C2.CCC(C)(C)C(=O)OC12CC3CC(OC(C)C(=O)OCOC)(C1)CC(OC(C)C(=O)OCOC)(C3)C2.CCC(C)(C)OC(=O)COC12CC3CC(C1)CC(OC(=O)C(C)(C)CC)(C3)C2. The van der Waals surface area contributed by atoms with Gasteiger partial charge in [-0.2, -0.15) is 0 Å². The minimum absolute atomic E-state index is 0.0205. The van der Waals surface area contributed by atoms with E-state index in [1.54, 1.807) is 27.7 Å². The molecule has 0 aromatic heterocycles. The summed E-state index contributed by atoms with van der Waals surface area (Å²) in [5, 5.41) is 0. The lowest BCUT2D eigenvalue weighted by Gasteiger charge is -2.65. The summed E-state index contributed by atoms with van der Waals surface area (Å²) in [7, 11) is 4.36. The van der Waals surface area contributed by atoms with Crippen molar-refractivity contribution in [1.82, 2.24) is 0 Å². The molecule has 0 amide bonds. The summed E-state index contributed by atoms with van der Waals surface area (Å²) in [6.45, 7) is 41.3. The van der Waals surface area contributed by atoms with Gasteiger partial charge in [-0.15, -0.1) is 0 Å². The first-order valence-corrected chi connectivity index (χ1v) is 44.8. The Morgan fingerprint density at radius 3 is 0.840 bits per heavy atom. The van der Waals surface area contributed by atoms with Crippen LogP contribution in [0.25, 0.3) is 0 Å². The van der Waals surface area contributed by atoms with Crippen LogP contribution in [-0.4, -0.2) is 188 Å². The quantitative estimate of drug-likeness (QED) is 0.0323. The van der Waals surface area contributed by atoms with E-state index in [-0.39, 0.29) is 79.9 Å². The zero-order valence-electron chi connectivity index (χ0n) is 77.3. The van der Waals surface area contributed by atoms with Gasteiger partial charge >= 0.3 is 53.7 Å². The molecule has 680 valence electrons. The highest BCUT2D eigenvalue weighted by atomic mass is 16.7. The highest BCUT2D eigenvalue weighted by Gasteiger charge is 2.69. The van der Waals surface area contributed by atoms with Gasteiger partial charge in [-0.1, -0.05) is 34.6 Å². The summed E-state index contributed by atoms with van der Waals surface area (Å²) in [5.41, 5.74) is -7.80. The molecule has 16 fully saturated rings. The normalized spacial score (nSPS) is 34.4. The third kappa shape index (κ3) is 23.9. The van der Waals surface area contributed by atoms with Crippen LogP contribution in [0.1, 0.15) is 339 Å². The molecule has 0 spiro atoms. The van der Waals surface area contributed by atoms with Crippen LogP contribution >= 0.6 is 0 Å². The van der Waals surface area contributed by atoms with E-state index >= 15 is 0 Å². The maximum absolute atomic E-state index is 13.2. The fourth-order valence-corrected chi connectivity index (χ4v) is 23.0. The zero-order valence-corrected chi connectivity index (χ0v) is 77.3. The molecule has 12 unspecified atom stereocenters. The number of hydrogen-bond donors (Lipinski definition) is 0. The van der Waals surface area contributed by atoms with Crippen LogP contribution in [-0.2, 0) is 124 Å². The maximum atomic E-state index is 13.2. The van der Waals surface area contributed by atoms with Gasteiger partial charge in [0.15, 0.2) is 44.8 Å². The van der Waals surface area contributed by atoms with Gasteiger partial charge in [0.2, 0.25) is 0 Å². The molecular weight excluding hydrogens is 1530 g/mol. The molecule has 0 aliphatic heterocycles. The number of hydrogen-bond acceptors (Lipinski definition) is 26. The second-order valence-electron chi connectivity index (χ2n) is 43.1. The number of esters is 9. The van der Waals surface area contributed by atoms with Gasteiger partial charge in [-0.25, -0.2) is 24.0 Å². The van der Waals surface area contributed by atoms with Crippen LogP contribution < -0.4 is 0 Å². The van der Waals surface area contributed by atoms with Crippen LogP contribution in [0.3, 0.4) is 0 Å². The Morgan fingerprint density at radius 2 is 0.546 bits per heavy atom. The Morgan fingerprint density at radius 1 is 0.303 bits per heavy atom. The van der Waals surface area contributed by atoms with Gasteiger partial charge < -0.3 is 80.5 Å². The lowest BCUT2D eigenvalue weighted by atomic mass is 9.50. The number of ether oxygens (including phenoxy) is 17. The molecule has 26 nitrogen and oxygen atoms in total. The summed E-state index contributed by atoms with van der Waals surface area (Å²) in [6, 6.07) is 0. The van der Waals surface area contributed by atoms with Crippen molar-refractivity contribution in [3.05, 3.63) is 0 Å². The molecule has 12 atom stereocenters. The van der Waals surface area contributed by atoms with Crippen molar-refractivity contribution in [2.75, 3.05) is 48.3 Å². The summed E-state index contributed by atoms with van der Waals surface area (Å²) < 4.78 is 97.5. The monoisotopic (exact) mass is 1690 g/mol. The molecule has 16 saturated carbocycles. The minimum Gasteiger partial charge on any atom is -0.459 e. The molecule has 26 heteroatoms. The van der Waals surface area contributed by atoms with E-state index in [9.17, 15) is 43.2 Å². The van der Waals surface area contributed by atoms with Crippen LogP contribution in [0.2, 0.25) is 0 Å². The molecule has 0 aromatic rings. The summed E-state index contributed by atoms with van der Waals surface area (Å²) >= 11 is 0. The lowest BCUT2D eigenvalue weighted by molar-refractivity contribution is -0.300. The second-order valence-corrected chi connectivity index (χ2v) is 43.1. The summed E-state index contributed by atoms with van der Waals surface area (Å²) in [6.07, 6.45) is 21.1. The van der Waals surface area contributed by atoms with Crippen LogP contribution in [0.15, 0.2) is 0 Å². The fraction of sp³-hybridized carbons (Fsp3) is 0.903. The van der Waals surface area contributed by atoms with Gasteiger partial charge in [0.1, 0.15) is 40.2 Å². The molecule has 16 rings (SSSR count). The zero-order chi connectivity index (χ0) is 88.4. The Kier molecular flexibility index (Phi) is 30.6. The molecule has 0 aromatic carbocycles. The van der Waals surface area contributed by atoms with E-state index in [1.165, 1.54) is 40.6 Å². The van der Waals surface area contributed by atoms with Gasteiger partial charge in [0, 0.05) is 59.9 Å². The first kappa shape index (κ1) is 97.7. The summed E-state index contributed by atoms with van der Waals surface area (Å²) in [4.78, 5) is 114. The van der Waals surface area contributed by atoms with Crippen molar-refractivity contribution in [3.63, 3.8) is 0 Å². The van der Waals surface area contributed by atoms with E-state index < -0.39 is 114 Å². The minimum atomic E-state index is -0.850. The standard InChI is InChI=1S/C26H42O10.2C23H38O5.C21H34O6/c1-8-23(4,5)22(29)36-26-11-19-9-24(13-26,34-17(2)20(27)32-15-30-6)12-25(10-19,14-26)35-18(3)21(28)33-16-31-7;1-8-21(6,7)19(25)28-23-12-16-9-17(13-23)11-22(10-16,14-23)26-15(2)18(24)27-20(3,4)5;1-7-20(3,4)19(25)28-23-12-16-9-17(13-23)11-22(10-16,15-23)26-14-18(24)27-21(5,6)8-2;1-6-19(3,4)18(23)27-21-10-15-7-16(11-21)9-20(8-15,12-21)26-14(2)17(22)25-13-24-5/h17-19H,8-16H2,1-7H3;15-17H,8-14H2,1-7H3;16-17H,7-15H2,1-6H3;14-16H,6-13H2,1-5H3. The van der Waals surface area contributed by atoms with Crippen LogP contribution in [0.5, 0.6) is 0 Å². The Labute approximate surface area is 710 Å². The first-order valence-electron chi connectivity index (χ1n) is 44.8. The average molecular weight is 1690 g/mol. The summed E-state index contributed by atoms with van der Waals surface area (Å²) in [5.74, 6) is 0.482. The molecule has 0 radical (unpaired) electrons. The van der Waals surface area contributed by atoms with Crippen molar-refractivity contribution in [2.24, 2.45) is 63.1 Å². The number of rotatable bonds is 35. The molecule has 16 aliphatic carbocycles. The topological polar surface area (TPSA) is 311 Å². The third-order valence-electron chi connectivity index (χ3n) is 28.9. The van der Waals surface area contributed by atoms with Crippen molar-refractivity contribution in [1.29, 1.82) is 0 Å². The van der Waals surface area contributed by atoms with E-state index in [1.807, 2.05) is 125 Å². The van der Waals surface area contributed by atoms with Crippen molar-refractivity contribution in [3.8, 4) is 0 Å². The number of carbonyl (C=O) groups is 9.